The van der Waals surface area contributed by atoms with Crippen molar-refractivity contribution < 1.29 is 4.74 Å². The number of ether oxygens (including phenoxy) is 1. The van der Waals surface area contributed by atoms with E-state index in [1.807, 2.05) is 24.3 Å². The maximum absolute atomic E-state index is 5.43. The quantitative estimate of drug-likeness (QED) is 0.637. The highest BCUT2D eigenvalue weighted by Gasteiger charge is 2.15. The number of hydrogen-bond acceptors (Lipinski definition) is 2. The molecule has 0 amide bonds. The van der Waals surface area contributed by atoms with Gasteiger partial charge in [0.1, 0.15) is 12.4 Å². The number of benzene rings is 1. The minimum absolute atomic E-state index is 0.522. The molecule has 0 heterocycles. The fourth-order valence-corrected chi connectivity index (χ4v) is 2.50. The van der Waals surface area contributed by atoms with E-state index in [1.165, 1.54) is 25.7 Å². The first-order valence-electron chi connectivity index (χ1n) is 6.69. The van der Waals surface area contributed by atoms with Gasteiger partial charge < -0.3 is 15.4 Å². The molecule has 102 valence electrons. The third-order valence-corrected chi connectivity index (χ3v) is 3.39. The van der Waals surface area contributed by atoms with Crippen molar-refractivity contribution in [1.82, 2.24) is 5.32 Å². The number of nitrogens with one attached hydrogen (secondary N) is 2. The van der Waals surface area contributed by atoms with Gasteiger partial charge in [0.15, 0.2) is 5.11 Å². The van der Waals surface area contributed by atoms with Gasteiger partial charge in [0.25, 0.3) is 0 Å². The first kappa shape index (κ1) is 13.9. The monoisotopic (exact) mass is 276 g/mol. The number of hydrogen-bond donors (Lipinski definition) is 2. The van der Waals surface area contributed by atoms with Crippen LogP contribution in [0.3, 0.4) is 0 Å². The lowest BCUT2D eigenvalue weighted by Crippen LogP contribution is -2.35. The largest absolute Gasteiger partial charge is 0.490 e. The van der Waals surface area contributed by atoms with Crippen molar-refractivity contribution in [2.45, 2.75) is 31.7 Å². The lowest BCUT2D eigenvalue weighted by molar-refractivity contribution is 0.363. The molecule has 2 N–H and O–H groups in total. The molecule has 4 heteroatoms. The van der Waals surface area contributed by atoms with Gasteiger partial charge in [-0.05, 0) is 49.3 Å². The van der Waals surface area contributed by atoms with E-state index in [1.54, 1.807) is 6.08 Å². The molecule has 1 aliphatic carbocycles. The van der Waals surface area contributed by atoms with Crippen molar-refractivity contribution in [2.75, 3.05) is 11.9 Å². The van der Waals surface area contributed by atoms with Crippen LogP contribution in [0.25, 0.3) is 0 Å². The highest BCUT2D eigenvalue weighted by atomic mass is 32.1. The molecule has 0 unspecified atom stereocenters. The van der Waals surface area contributed by atoms with E-state index < -0.39 is 0 Å². The van der Waals surface area contributed by atoms with E-state index in [-0.39, 0.29) is 0 Å². The van der Waals surface area contributed by atoms with Gasteiger partial charge in [0.2, 0.25) is 0 Å². The van der Waals surface area contributed by atoms with Crippen LogP contribution in [0, 0.1) is 0 Å². The van der Waals surface area contributed by atoms with Crippen LogP contribution in [-0.2, 0) is 0 Å². The van der Waals surface area contributed by atoms with Crippen LogP contribution < -0.4 is 15.4 Å². The molecular formula is C15H20N2OS. The molecule has 1 fully saturated rings. The van der Waals surface area contributed by atoms with Crippen LogP contribution in [0.4, 0.5) is 5.69 Å². The summed E-state index contributed by atoms with van der Waals surface area (Å²) in [6.07, 6.45) is 6.77. The molecule has 3 nitrogen and oxygen atoms in total. The molecule has 0 aromatic heterocycles. The Balaban J connectivity index is 1.81. The molecule has 0 aliphatic heterocycles. The fourth-order valence-electron chi connectivity index (χ4n) is 2.21. The number of thiocarbonyl (C=S) groups is 1. The average Bonchev–Trinajstić information content (AvgIpc) is 2.90. The SMILES string of the molecule is C=CCOc1ccc(NC(=S)NC2CCCC2)cc1. The van der Waals surface area contributed by atoms with Gasteiger partial charge in [-0.15, -0.1) is 0 Å². The molecule has 1 saturated carbocycles. The number of rotatable bonds is 5. The maximum Gasteiger partial charge on any atom is 0.170 e. The van der Waals surface area contributed by atoms with E-state index in [4.69, 9.17) is 17.0 Å². The lowest BCUT2D eigenvalue weighted by atomic mass is 10.2. The van der Waals surface area contributed by atoms with Gasteiger partial charge in [-0.1, -0.05) is 25.5 Å². The Morgan fingerprint density at radius 1 is 1.32 bits per heavy atom. The summed E-state index contributed by atoms with van der Waals surface area (Å²) in [4.78, 5) is 0. The second-order valence-electron chi connectivity index (χ2n) is 4.70. The molecule has 19 heavy (non-hydrogen) atoms. The Morgan fingerprint density at radius 2 is 2.00 bits per heavy atom. The lowest BCUT2D eigenvalue weighted by Gasteiger charge is -2.15. The van der Waals surface area contributed by atoms with Gasteiger partial charge in [-0.25, -0.2) is 0 Å². The molecule has 2 rings (SSSR count). The minimum Gasteiger partial charge on any atom is -0.490 e. The van der Waals surface area contributed by atoms with Crippen LogP contribution in [0.5, 0.6) is 5.75 Å². The standard InChI is InChI=1S/C15H20N2OS/c1-2-11-18-14-9-7-13(8-10-14)17-15(19)16-12-5-3-4-6-12/h2,7-10,12H,1,3-6,11H2,(H2,16,17,19). The van der Waals surface area contributed by atoms with Crippen molar-refractivity contribution >= 4 is 23.0 Å². The van der Waals surface area contributed by atoms with Crippen LogP contribution in [0.15, 0.2) is 36.9 Å². The Hall–Kier alpha value is -1.55. The molecule has 0 saturated heterocycles. The summed E-state index contributed by atoms with van der Waals surface area (Å²) in [5, 5.41) is 7.25. The summed E-state index contributed by atoms with van der Waals surface area (Å²) in [6, 6.07) is 8.30. The van der Waals surface area contributed by atoms with Crippen LogP contribution in [-0.4, -0.2) is 17.8 Å². The van der Waals surface area contributed by atoms with Gasteiger partial charge in [-0.2, -0.15) is 0 Å². The summed E-state index contributed by atoms with van der Waals surface area (Å²) in [5.74, 6) is 0.833. The third kappa shape index (κ3) is 4.56. The van der Waals surface area contributed by atoms with Crippen molar-refractivity contribution in [1.29, 1.82) is 0 Å². The summed E-state index contributed by atoms with van der Waals surface area (Å²) < 4.78 is 5.43. The maximum atomic E-state index is 5.43. The van der Waals surface area contributed by atoms with E-state index in [0.29, 0.717) is 17.8 Å². The van der Waals surface area contributed by atoms with Crippen molar-refractivity contribution in [3.63, 3.8) is 0 Å². The molecule has 0 radical (unpaired) electrons. The zero-order chi connectivity index (χ0) is 13.5. The van der Waals surface area contributed by atoms with E-state index in [2.05, 4.69) is 17.2 Å². The Kier molecular flexibility index (Phi) is 5.21. The highest BCUT2D eigenvalue weighted by molar-refractivity contribution is 7.80. The van der Waals surface area contributed by atoms with Crippen LogP contribution >= 0.6 is 12.2 Å². The topological polar surface area (TPSA) is 33.3 Å². The third-order valence-electron chi connectivity index (χ3n) is 3.17. The van der Waals surface area contributed by atoms with Crippen molar-refractivity contribution in [3.8, 4) is 5.75 Å². The summed E-state index contributed by atoms with van der Waals surface area (Å²) >= 11 is 5.31. The molecule has 0 bridgehead atoms. The molecule has 0 atom stereocenters. The smallest absolute Gasteiger partial charge is 0.170 e. The first-order valence-corrected chi connectivity index (χ1v) is 7.10. The van der Waals surface area contributed by atoms with Gasteiger partial charge in [0.05, 0.1) is 0 Å². The zero-order valence-electron chi connectivity index (χ0n) is 11.0. The van der Waals surface area contributed by atoms with Crippen molar-refractivity contribution in [2.24, 2.45) is 0 Å². The minimum atomic E-state index is 0.522. The molecular weight excluding hydrogens is 256 g/mol. The van der Waals surface area contributed by atoms with E-state index >= 15 is 0 Å². The van der Waals surface area contributed by atoms with Crippen molar-refractivity contribution in [3.05, 3.63) is 36.9 Å². The Bertz CT molecular complexity index is 424. The highest BCUT2D eigenvalue weighted by Crippen LogP contribution is 2.18. The molecule has 1 aromatic rings. The fraction of sp³-hybridized carbons (Fsp3) is 0.400. The van der Waals surface area contributed by atoms with E-state index in [0.717, 1.165) is 11.4 Å². The molecule has 1 aromatic carbocycles. The summed E-state index contributed by atoms with van der Waals surface area (Å²) in [6.45, 7) is 4.14. The zero-order valence-corrected chi connectivity index (χ0v) is 11.8. The second kappa shape index (κ2) is 7.14. The average molecular weight is 276 g/mol. The second-order valence-corrected chi connectivity index (χ2v) is 5.11. The molecule has 1 aliphatic rings. The van der Waals surface area contributed by atoms with Gasteiger partial charge >= 0.3 is 0 Å². The van der Waals surface area contributed by atoms with Gasteiger partial charge in [-0.3, -0.25) is 0 Å². The summed E-state index contributed by atoms with van der Waals surface area (Å²) in [7, 11) is 0. The number of anilines is 1. The van der Waals surface area contributed by atoms with Crippen LogP contribution in [0.2, 0.25) is 0 Å². The van der Waals surface area contributed by atoms with E-state index in [9.17, 15) is 0 Å². The summed E-state index contributed by atoms with van der Waals surface area (Å²) in [5.41, 5.74) is 0.974. The predicted octanol–water partition coefficient (Wildman–Crippen LogP) is 3.48. The Morgan fingerprint density at radius 3 is 2.63 bits per heavy atom. The normalized spacial score (nSPS) is 14.9. The van der Waals surface area contributed by atoms with Gasteiger partial charge in [0, 0.05) is 11.7 Å². The first-order chi connectivity index (χ1) is 9.28. The molecule has 0 spiro atoms. The Labute approximate surface area is 120 Å². The van der Waals surface area contributed by atoms with Crippen LogP contribution in [0.1, 0.15) is 25.7 Å². The predicted molar refractivity (Wildman–Crippen MR) is 83.7 cm³/mol.